The predicted molar refractivity (Wildman–Crippen MR) is 202 cm³/mol. The Hall–Kier alpha value is -2.74. The number of carbonyl (C=O) groups is 2. The Kier molecular flexibility index (Phi) is 10.7. The molecule has 4 atom stereocenters. The number of Topliss-reactive ketones (excluding diaryl/α,β-unsaturated/α-hetero) is 1. The van der Waals surface area contributed by atoms with Crippen LogP contribution in [-0.4, -0.2) is 58.4 Å². The number of aliphatic hydroxyl groups is 2. The van der Waals surface area contributed by atoms with Gasteiger partial charge in [0.2, 0.25) is 0 Å². The van der Waals surface area contributed by atoms with Gasteiger partial charge in [-0.15, -0.1) is 0 Å². The summed E-state index contributed by atoms with van der Waals surface area (Å²) in [6.07, 6.45) is 12.7. The molecule has 52 heavy (non-hydrogen) atoms. The molecule has 0 radical (unpaired) electrons. The number of allylic oxidation sites excluding steroid dienone is 2. The molecule has 6 bridgehead atoms. The molecule has 2 N–H and O–H groups in total. The van der Waals surface area contributed by atoms with E-state index in [-0.39, 0.29) is 53.4 Å². The normalized spacial score (nSPS) is 34.1. The van der Waals surface area contributed by atoms with Crippen LogP contribution in [0.15, 0.2) is 48.0 Å². The van der Waals surface area contributed by atoms with Crippen LogP contribution in [0.4, 0.5) is 9.18 Å². The van der Waals surface area contributed by atoms with Crippen molar-refractivity contribution >= 4 is 23.5 Å². The second kappa shape index (κ2) is 14.8. The minimum atomic E-state index is -1.24. The maximum Gasteiger partial charge on any atom is 0.409 e. The number of ketones is 1. The van der Waals surface area contributed by atoms with E-state index in [4.69, 9.17) is 16.3 Å². The van der Waals surface area contributed by atoms with Gasteiger partial charge >= 0.3 is 6.09 Å². The third-order valence-corrected chi connectivity index (χ3v) is 14.4. The molecule has 9 rings (SSSR count). The zero-order chi connectivity index (χ0) is 36.8. The number of aliphatic hydroxyl groups excluding tert-OH is 1. The summed E-state index contributed by atoms with van der Waals surface area (Å²) < 4.78 is 20.7. The molecule has 7 aliphatic rings. The standard InChI is InChI=1S/C44H57ClFNO5/c1-4-52-41(50)47(26-43-23-30-17-31(24-43)19-32(18-30)25-43)27-44(51)16-14-37-34-13-11-29(20-33(48)12-10-28(2)7-6-15-42(37,44)3)21-35(34)40(49)22-36-38(45)8-5-9-39(36)46/h5,7-9,11,13,21,30-33,37,48,51H,4,6,10,12,14-20,22-27H2,1-3H3/t30?,31?,32?,33-,37-,42-,43?,44+/m0/s1. The van der Waals surface area contributed by atoms with Crippen LogP contribution in [0.25, 0.3) is 0 Å². The molecular weight excluding hydrogens is 677 g/mol. The van der Waals surface area contributed by atoms with Gasteiger partial charge in [0.15, 0.2) is 5.78 Å². The van der Waals surface area contributed by atoms with Gasteiger partial charge in [-0.1, -0.05) is 48.4 Å². The number of halogens is 2. The zero-order valence-electron chi connectivity index (χ0n) is 31.3. The largest absolute Gasteiger partial charge is 0.450 e. The lowest BCUT2D eigenvalue weighted by molar-refractivity contribution is -0.103. The lowest BCUT2D eigenvalue weighted by atomic mass is 9.49. The lowest BCUT2D eigenvalue weighted by Gasteiger charge is -2.58. The topological polar surface area (TPSA) is 87.1 Å². The summed E-state index contributed by atoms with van der Waals surface area (Å²) in [5.74, 6) is 1.25. The highest BCUT2D eigenvalue weighted by molar-refractivity contribution is 6.31. The number of amides is 1. The van der Waals surface area contributed by atoms with E-state index >= 15 is 0 Å². The zero-order valence-corrected chi connectivity index (χ0v) is 32.0. The Morgan fingerprint density at radius 1 is 1.02 bits per heavy atom. The number of ether oxygens (including phenoxy) is 1. The molecule has 282 valence electrons. The van der Waals surface area contributed by atoms with Gasteiger partial charge in [-0.25, -0.2) is 9.18 Å². The molecule has 0 saturated heterocycles. The molecule has 8 heteroatoms. The minimum Gasteiger partial charge on any atom is -0.450 e. The number of nitrogens with zero attached hydrogens (tertiary/aromatic N) is 1. The molecule has 6 nitrogen and oxygen atoms in total. The van der Waals surface area contributed by atoms with Crippen molar-refractivity contribution in [1.82, 2.24) is 4.90 Å². The smallest absolute Gasteiger partial charge is 0.409 e. The first-order valence-electron chi connectivity index (χ1n) is 19.9. The molecule has 2 aromatic carbocycles. The summed E-state index contributed by atoms with van der Waals surface area (Å²) in [5.41, 5.74) is 1.67. The summed E-state index contributed by atoms with van der Waals surface area (Å²) in [6.45, 7) is 7.16. The quantitative estimate of drug-likeness (QED) is 0.209. The summed E-state index contributed by atoms with van der Waals surface area (Å²) in [4.78, 5) is 30.0. The molecule has 0 spiro atoms. The Morgan fingerprint density at radius 3 is 2.40 bits per heavy atom. The Morgan fingerprint density at radius 2 is 1.73 bits per heavy atom. The number of fused-ring (bicyclic) bond motifs is 8. The third-order valence-electron chi connectivity index (χ3n) is 14.0. The molecule has 1 amide bonds. The van der Waals surface area contributed by atoms with Gasteiger partial charge in [-0.3, -0.25) is 4.79 Å². The second-order valence-electron chi connectivity index (χ2n) is 17.7. The second-order valence-corrected chi connectivity index (χ2v) is 18.1. The monoisotopic (exact) mass is 733 g/mol. The van der Waals surface area contributed by atoms with E-state index in [2.05, 4.69) is 19.9 Å². The number of benzene rings is 2. The van der Waals surface area contributed by atoms with E-state index < -0.39 is 22.9 Å². The molecule has 0 aromatic heterocycles. The molecule has 7 aliphatic carbocycles. The number of hydrogen-bond acceptors (Lipinski definition) is 5. The van der Waals surface area contributed by atoms with Crippen molar-refractivity contribution in [2.24, 2.45) is 28.6 Å². The molecule has 0 aliphatic heterocycles. The van der Waals surface area contributed by atoms with Crippen molar-refractivity contribution in [2.45, 2.75) is 128 Å². The van der Waals surface area contributed by atoms with Crippen LogP contribution in [0.3, 0.4) is 0 Å². The first-order chi connectivity index (χ1) is 24.8. The van der Waals surface area contributed by atoms with Crippen molar-refractivity contribution in [2.75, 3.05) is 19.7 Å². The fraction of sp³-hybridized carbons (Fsp3) is 0.636. The Labute approximate surface area is 314 Å². The lowest BCUT2D eigenvalue weighted by Crippen LogP contribution is -2.58. The van der Waals surface area contributed by atoms with Crippen LogP contribution in [0.2, 0.25) is 5.02 Å². The molecule has 5 saturated carbocycles. The van der Waals surface area contributed by atoms with E-state index in [0.717, 1.165) is 61.0 Å². The van der Waals surface area contributed by atoms with E-state index in [1.54, 1.807) is 6.07 Å². The summed E-state index contributed by atoms with van der Waals surface area (Å²) >= 11 is 6.41. The van der Waals surface area contributed by atoms with Crippen LogP contribution >= 0.6 is 11.6 Å². The molecule has 2 aromatic rings. The van der Waals surface area contributed by atoms with Gasteiger partial charge in [-0.2, -0.15) is 0 Å². The van der Waals surface area contributed by atoms with E-state index in [1.807, 2.05) is 30.0 Å². The highest BCUT2D eigenvalue weighted by Gasteiger charge is 2.59. The fourth-order valence-electron chi connectivity index (χ4n) is 11.8. The van der Waals surface area contributed by atoms with Crippen molar-refractivity contribution in [3.63, 3.8) is 0 Å². The van der Waals surface area contributed by atoms with Gasteiger partial charge < -0.3 is 19.8 Å². The Balaban J connectivity index is 1.26. The fourth-order valence-corrected chi connectivity index (χ4v) is 12.0. The summed E-state index contributed by atoms with van der Waals surface area (Å²) in [7, 11) is 0. The van der Waals surface area contributed by atoms with E-state index in [0.29, 0.717) is 44.2 Å². The number of carbonyl (C=O) groups excluding carboxylic acids is 2. The van der Waals surface area contributed by atoms with Crippen molar-refractivity contribution in [3.05, 3.63) is 81.1 Å². The maximum atomic E-state index is 15.0. The van der Waals surface area contributed by atoms with Crippen molar-refractivity contribution in [3.8, 4) is 0 Å². The molecule has 5 fully saturated rings. The number of rotatable bonds is 8. The third kappa shape index (κ3) is 7.36. The van der Waals surface area contributed by atoms with Gasteiger partial charge in [0.05, 0.1) is 24.9 Å². The predicted octanol–water partition coefficient (Wildman–Crippen LogP) is 9.62. The molecular formula is C44H57ClFNO5. The van der Waals surface area contributed by atoms with Crippen molar-refractivity contribution < 1.29 is 28.9 Å². The average molecular weight is 734 g/mol. The van der Waals surface area contributed by atoms with Crippen LogP contribution in [0.1, 0.15) is 131 Å². The Bertz CT molecular complexity index is 1650. The highest BCUT2D eigenvalue weighted by atomic mass is 35.5. The number of hydrogen-bond donors (Lipinski definition) is 2. The van der Waals surface area contributed by atoms with Crippen LogP contribution in [-0.2, 0) is 17.6 Å². The van der Waals surface area contributed by atoms with Crippen LogP contribution in [0, 0.1) is 34.4 Å². The average Bonchev–Trinajstić information content (AvgIpc) is 3.33. The van der Waals surface area contributed by atoms with Gasteiger partial charge in [-0.05, 0) is 156 Å². The van der Waals surface area contributed by atoms with E-state index in [9.17, 15) is 24.2 Å². The van der Waals surface area contributed by atoms with E-state index in [1.165, 1.54) is 37.0 Å². The van der Waals surface area contributed by atoms with Gasteiger partial charge in [0.25, 0.3) is 0 Å². The highest BCUT2D eigenvalue weighted by Crippen LogP contribution is 2.62. The van der Waals surface area contributed by atoms with Gasteiger partial charge in [0, 0.05) is 34.5 Å². The summed E-state index contributed by atoms with van der Waals surface area (Å²) in [6, 6.07) is 10.3. The van der Waals surface area contributed by atoms with Crippen LogP contribution < -0.4 is 0 Å². The summed E-state index contributed by atoms with van der Waals surface area (Å²) in [5, 5.41) is 24.3. The minimum absolute atomic E-state index is 0.0772. The molecule has 0 heterocycles. The van der Waals surface area contributed by atoms with Crippen LogP contribution in [0.5, 0.6) is 0 Å². The first-order valence-corrected chi connectivity index (χ1v) is 20.2. The van der Waals surface area contributed by atoms with Crippen molar-refractivity contribution in [1.29, 1.82) is 0 Å². The SMILES string of the molecule is CCOC(=O)N(CC12CC3CC(CC(C3)C1)C2)C[C@]1(O)CC[C@H]2c3ccc(cc3C(=O)Cc3c(F)cccc3Cl)C[C@@H](O)CCC(C)=CCC[C@@]21C. The maximum absolute atomic E-state index is 15.0. The molecule has 0 unspecified atom stereocenters. The first kappa shape index (κ1) is 37.6. The van der Waals surface area contributed by atoms with Gasteiger partial charge in [0.1, 0.15) is 5.82 Å².